The van der Waals surface area contributed by atoms with Gasteiger partial charge in [-0.25, -0.2) is 4.79 Å². The van der Waals surface area contributed by atoms with Gasteiger partial charge in [-0.1, -0.05) is 17.7 Å². The molecule has 0 radical (unpaired) electrons. The highest BCUT2D eigenvalue weighted by atomic mass is 16.4. The Kier molecular flexibility index (Phi) is 5.89. The second kappa shape index (κ2) is 6.43. The van der Waals surface area contributed by atoms with Crippen molar-refractivity contribution in [2.45, 2.75) is 26.7 Å². The molecule has 0 aromatic heterocycles. The van der Waals surface area contributed by atoms with Gasteiger partial charge >= 0.3 is 5.97 Å². The average Bonchev–Trinajstić information content (AvgIpc) is 2.04. The van der Waals surface area contributed by atoms with Crippen molar-refractivity contribution in [2.24, 2.45) is 0 Å². The first kappa shape index (κ1) is 11.9. The van der Waals surface area contributed by atoms with Crippen LogP contribution in [-0.2, 0) is 4.79 Å². The van der Waals surface area contributed by atoms with E-state index in [4.69, 9.17) is 10.2 Å². The molecule has 0 rings (SSSR count). The number of aliphatic hydroxyl groups is 1. The Bertz CT molecular complexity index is 226. The highest BCUT2D eigenvalue weighted by Crippen LogP contribution is 2.06. The number of rotatable bonds is 5. The number of carbonyl (C=O) groups is 1. The van der Waals surface area contributed by atoms with Crippen molar-refractivity contribution in [3.8, 4) is 0 Å². The zero-order valence-electron chi connectivity index (χ0n) is 8.08. The third-order valence-electron chi connectivity index (χ3n) is 1.77. The van der Waals surface area contributed by atoms with Gasteiger partial charge in [0.2, 0.25) is 0 Å². The van der Waals surface area contributed by atoms with Crippen LogP contribution >= 0.6 is 0 Å². The lowest BCUT2D eigenvalue weighted by Crippen LogP contribution is -1.95. The molecule has 0 aliphatic rings. The molecule has 0 bridgehead atoms. The number of carboxylic acid groups (broad SMARTS) is 1. The first-order valence-corrected chi connectivity index (χ1v) is 4.24. The van der Waals surface area contributed by atoms with Gasteiger partial charge in [-0.05, 0) is 26.7 Å². The van der Waals surface area contributed by atoms with Crippen molar-refractivity contribution >= 4 is 5.97 Å². The lowest BCUT2D eigenvalue weighted by molar-refractivity contribution is -0.132. The van der Waals surface area contributed by atoms with Gasteiger partial charge in [-0.2, -0.15) is 0 Å². The van der Waals surface area contributed by atoms with Crippen LogP contribution < -0.4 is 0 Å². The Hall–Kier alpha value is -1.09. The van der Waals surface area contributed by atoms with Gasteiger partial charge in [-0.15, -0.1) is 0 Å². The molecule has 0 fully saturated rings. The molecule has 0 aromatic carbocycles. The largest absolute Gasteiger partial charge is 0.478 e. The summed E-state index contributed by atoms with van der Waals surface area (Å²) in [6.45, 7) is 3.54. The maximum Gasteiger partial charge on any atom is 0.330 e. The third-order valence-corrected chi connectivity index (χ3v) is 1.77. The van der Waals surface area contributed by atoms with Crippen LogP contribution in [0.5, 0.6) is 0 Å². The number of aliphatic hydroxyl groups excluding tert-OH is 1. The van der Waals surface area contributed by atoms with Crippen molar-refractivity contribution in [1.82, 2.24) is 0 Å². The van der Waals surface area contributed by atoms with Gasteiger partial charge in [0.1, 0.15) is 0 Å². The normalized spacial score (nSPS) is 13.2. The standard InChI is InChI=1S/C10H16O3/c1-8(6-7-11)4-3-5-9(2)10(12)13/h5-6,11H,3-4,7H2,1-2H3,(H,12,13)/b8-6-,9-5+. The minimum Gasteiger partial charge on any atom is -0.478 e. The molecule has 0 aliphatic carbocycles. The summed E-state index contributed by atoms with van der Waals surface area (Å²) >= 11 is 0. The van der Waals surface area contributed by atoms with Gasteiger partial charge in [-0.3, -0.25) is 0 Å². The van der Waals surface area contributed by atoms with Crippen molar-refractivity contribution in [2.75, 3.05) is 6.61 Å². The summed E-state index contributed by atoms with van der Waals surface area (Å²) in [5.41, 5.74) is 1.45. The number of hydrogen-bond acceptors (Lipinski definition) is 2. The van der Waals surface area contributed by atoms with Crippen LogP contribution in [-0.4, -0.2) is 22.8 Å². The molecule has 0 saturated carbocycles. The predicted octanol–water partition coefficient (Wildman–Crippen LogP) is 1.74. The van der Waals surface area contributed by atoms with E-state index >= 15 is 0 Å². The van der Waals surface area contributed by atoms with Crippen molar-refractivity contribution in [3.05, 3.63) is 23.3 Å². The SMILES string of the molecule is C/C(=C/CO)CC/C=C(\C)C(=O)O. The van der Waals surface area contributed by atoms with Crippen molar-refractivity contribution in [3.63, 3.8) is 0 Å². The zero-order chi connectivity index (χ0) is 10.3. The molecule has 3 nitrogen and oxygen atoms in total. The van der Waals surface area contributed by atoms with E-state index in [2.05, 4.69) is 0 Å². The van der Waals surface area contributed by atoms with E-state index in [1.54, 1.807) is 19.1 Å². The van der Waals surface area contributed by atoms with Crippen LogP contribution in [0.15, 0.2) is 23.3 Å². The van der Waals surface area contributed by atoms with Crippen LogP contribution in [0.3, 0.4) is 0 Å². The molecule has 74 valence electrons. The van der Waals surface area contributed by atoms with Crippen LogP contribution in [0.25, 0.3) is 0 Å². The lowest BCUT2D eigenvalue weighted by atomic mass is 10.1. The summed E-state index contributed by atoms with van der Waals surface area (Å²) < 4.78 is 0. The fourth-order valence-electron chi connectivity index (χ4n) is 0.862. The summed E-state index contributed by atoms with van der Waals surface area (Å²) in [5, 5.41) is 17.1. The summed E-state index contributed by atoms with van der Waals surface area (Å²) in [7, 11) is 0. The quantitative estimate of drug-likeness (QED) is 0.505. The van der Waals surface area contributed by atoms with Crippen LogP contribution in [0.1, 0.15) is 26.7 Å². The first-order valence-electron chi connectivity index (χ1n) is 4.24. The molecule has 0 atom stereocenters. The predicted molar refractivity (Wildman–Crippen MR) is 51.5 cm³/mol. The lowest BCUT2D eigenvalue weighted by Gasteiger charge is -1.97. The Morgan fingerprint density at radius 2 is 1.92 bits per heavy atom. The molecule has 0 heterocycles. The number of allylic oxidation sites excluding steroid dienone is 2. The Labute approximate surface area is 78.4 Å². The number of aliphatic carboxylic acids is 1. The summed E-state index contributed by atoms with van der Waals surface area (Å²) in [6.07, 6.45) is 4.92. The fraction of sp³-hybridized carbons (Fsp3) is 0.500. The zero-order valence-corrected chi connectivity index (χ0v) is 8.08. The minimum atomic E-state index is -0.871. The van der Waals surface area contributed by atoms with E-state index in [9.17, 15) is 4.79 Å². The molecule has 0 spiro atoms. The summed E-state index contributed by atoms with van der Waals surface area (Å²) in [6, 6.07) is 0. The Morgan fingerprint density at radius 1 is 1.31 bits per heavy atom. The van der Waals surface area contributed by atoms with Gasteiger partial charge in [0.25, 0.3) is 0 Å². The molecular weight excluding hydrogens is 168 g/mol. The van der Waals surface area contributed by atoms with E-state index in [1.807, 2.05) is 6.92 Å². The molecule has 0 aliphatic heterocycles. The monoisotopic (exact) mass is 184 g/mol. The maximum absolute atomic E-state index is 10.4. The molecule has 3 heteroatoms. The molecule has 0 unspecified atom stereocenters. The third kappa shape index (κ3) is 6.11. The Morgan fingerprint density at radius 3 is 2.38 bits per heavy atom. The van der Waals surface area contributed by atoms with E-state index in [1.165, 1.54) is 0 Å². The Balaban J connectivity index is 3.85. The van der Waals surface area contributed by atoms with E-state index in [-0.39, 0.29) is 6.61 Å². The van der Waals surface area contributed by atoms with Crippen molar-refractivity contribution in [1.29, 1.82) is 0 Å². The molecule has 13 heavy (non-hydrogen) atoms. The van der Waals surface area contributed by atoms with Gasteiger partial charge in [0, 0.05) is 5.57 Å². The summed E-state index contributed by atoms with van der Waals surface area (Å²) in [5.74, 6) is -0.871. The van der Waals surface area contributed by atoms with Crippen LogP contribution in [0.2, 0.25) is 0 Å². The molecule has 0 amide bonds. The average molecular weight is 184 g/mol. The smallest absolute Gasteiger partial charge is 0.330 e. The minimum absolute atomic E-state index is 0.0491. The highest BCUT2D eigenvalue weighted by molar-refractivity contribution is 5.85. The van der Waals surface area contributed by atoms with E-state index < -0.39 is 5.97 Å². The van der Waals surface area contributed by atoms with Crippen LogP contribution in [0.4, 0.5) is 0 Å². The topological polar surface area (TPSA) is 57.5 Å². The maximum atomic E-state index is 10.4. The van der Waals surface area contributed by atoms with Gasteiger partial charge in [0.15, 0.2) is 0 Å². The second-order valence-corrected chi connectivity index (χ2v) is 2.96. The summed E-state index contributed by atoms with van der Waals surface area (Å²) in [4.78, 5) is 10.4. The number of hydrogen-bond donors (Lipinski definition) is 2. The van der Waals surface area contributed by atoms with Crippen molar-refractivity contribution < 1.29 is 15.0 Å². The second-order valence-electron chi connectivity index (χ2n) is 2.96. The van der Waals surface area contributed by atoms with E-state index in [0.29, 0.717) is 12.0 Å². The molecule has 2 N–H and O–H groups in total. The number of carboxylic acids is 1. The first-order chi connectivity index (χ1) is 6.07. The van der Waals surface area contributed by atoms with E-state index in [0.717, 1.165) is 12.0 Å². The highest BCUT2D eigenvalue weighted by Gasteiger charge is 1.97. The van der Waals surface area contributed by atoms with Crippen LogP contribution in [0, 0.1) is 0 Å². The molecule has 0 saturated heterocycles. The fourth-order valence-corrected chi connectivity index (χ4v) is 0.862. The molecule has 0 aromatic rings. The van der Waals surface area contributed by atoms with Gasteiger partial charge in [0.05, 0.1) is 6.61 Å². The molecular formula is C10H16O3. The van der Waals surface area contributed by atoms with Gasteiger partial charge < -0.3 is 10.2 Å².